The minimum atomic E-state index is 0.323. The van der Waals surface area contributed by atoms with Crippen molar-refractivity contribution in [3.05, 3.63) is 59.7 Å². The van der Waals surface area contributed by atoms with Gasteiger partial charge in [-0.15, -0.1) is 0 Å². The average Bonchev–Trinajstić information content (AvgIpc) is 3.06. The van der Waals surface area contributed by atoms with Crippen LogP contribution in [0.15, 0.2) is 47.0 Å². The zero-order valence-electron chi connectivity index (χ0n) is 10.0. The van der Waals surface area contributed by atoms with Crippen molar-refractivity contribution in [2.45, 2.75) is 6.54 Å². The van der Waals surface area contributed by atoms with Gasteiger partial charge in [0.25, 0.3) is 0 Å². The van der Waals surface area contributed by atoms with E-state index in [9.17, 15) is 4.79 Å². The molecule has 4 heteroatoms. The van der Waals surface area contributed by atoms with Gasteiger partial charge in [0, 0.05) is 17.1 Å². The Labute approximate surface area is 109 Å². The number of benzene rings is 1. The minimum absolute atomic E-state index is 0.323. The second kappa shape index (κ2) is 4.46. The van der Waals surface area contributed by atoms with E-state index in [0.29, 0.717) is 29.9 Å². The predicted octanol–water partition coefficient (Wildman–Crippen LogP) is 2.97. The Morgan fingerprint density at radius 2 is 2.16 bits per heavy atom. The maximum absolute atomic E-state index is 10.6. The van der Waals surface area contributed by atoms with Crippen LogP contribution in [0.2, 0.25) is 0 Å². The van der Waals surface area contributed by atoms with E-state index in [-0.39, 0.29) is 0 Å². The molecule has 1 aromatic carbocycles. The summed E-state index contributed by atoms with van der Waals surface area (Å²) < 4.78 is 7.35. The molecular formula is C15H10N2O2. The van der Waals surface area contributed by atoms with Crippen molar-refractivity contribution in [2.24, 2.45) is 0 Å². The lowest BCUT2D eigenvalue weighted by molar-refractivity contribution is 0.109. The molecule has 0 fully saturated rings. The molecule has 92 valence electrons. The fraction of sp³-hybridized carbons (Fsp3) is 0.0667. The third kappa shape index (κ3) is 1.91. The molecule has 0 N–H and O–H groups in total. The van der Waals surface area contributed by atoms with Crippen LogP contribution in [0, 0.1) is 11.3 Å². The van der Waals surface area contributed by atoms with E-state index in [2.05, 4.69) is 6.07 Å². The molecule has 0 unspecified atom stereocenters. The van der Waals surface area contributed by atoms with Gasteiger partial charge >= 0.3 is 0 Å². The number of hydrogen-bond acceptors (Lipinski definition) is 3. The second-order valence-electron chi connectivity index (χ2n) is 4.22. The van der Waals surface area contributed by atoms with Crippen molar-refractivity contribution >= 4 is 17.2 Å². The van der Waals surface area contributed by atoms with Gasteiger partial charge in [0.1, 0.15) is 5.76 Å². The van der Waals surface area contributed by atoms with Crippen molar-refractivity contribution in [3.8, 4) is 6.07 Å². The normalized spacial score (nSPS) is 10.5. The van der Waals surface area contributed by atoms with Gasteiger partial charge in [-0.05, 0) is 30.3 Å². The smallest absolute Gasteiger partial charge is 0.185 e. The highest BCUT2D eigenvalue weighted by molar-refractivity contribution is 5.86. The topological polar surface area (TPSA) is 58.9 Å². The summed E-state index contributed by atoms with van der Waals surface area (Å²) in [5, 5.41) is 9.98. The number of rotatable bonds is 3. The quantitative estimate of drug-likeness (QED) is 0.671. The van der Waals surface area contributed by atoms with E-state index in [1.165, 1.54) is 0 Å². The molecular weight excluding hydrogens is 240 g/mol. The van der Waals surface area contributed by atoms with E-state index in [4.69, 9.17) is 9.68 Å². The summed E-state index contributed by atoms with van der Waals surface area (Å²) in [4.78, 5) is 10.6. The molecule has 19 heavy (non-hydrogen) atoms. The molecule has 0 saturated heterocycles. The van der Waals surface area contributed by atoms with Crippen LogP contribution in [-0.2, 0) is 6.54 Å². The van der Waals surface area contributed by atoms with Crippen LogP contribution in [0.1, 0.15) is 21.9 Å². The monoisotopic (exact) mass is 250 g/mol. The molecule has 2 heterocycles. The highest BCUT2D eigenvalue weighted by Crippen LogP contribution is 2.21. The molecule has 2 aromatic heterocycles. The van der Waals surface area contributed by atoms with Crippen LogP contribution >= 0.6 is 0 Å². The van der Waals surface area contributed by atoms with Crippen LogP contribution in [-0.4, -0.2) is 10.9 Å². The van der Waals surface area contributed by atoms with Gasteiger partial charge < -0.3 is 8.98 Å². The van der Waals surface area contributed by atoms with E-state index in [1.54, 1.807) is 18.2 Å². The summed E-state index contributed by atoms with van der Waals surface area (Å²) in [5.74, 6) is 1.03. The zero-order valence-corrected chi connectivity index (χ0v) is 10.0. The standard InChI is InChI=1S/C15H10N2O2/c16-8-11-2-1-3-15-14(11)6-7-17(15)9-12-4-5-13(10-18)19-12/h1-7,10H,9H2. The molecule has 0 radical (unpaired) electrons. The summed E-state index contributed by atoms with van der Waals surface area (Å²) in [5.41, 5.74) is 1.63. The van der Waals surface area contributed by atoms with Crippen molar-refractivity contribution in [1.82, 2.24) is 4.57 Å². The van der Waals surface area contributed by atoms with E-state index in [0.717, 1.165) is 10.9 Å². The van der Waals surface area contributed by atoms with Crippen molar-refractivity contribution in [3.63, 3.8) is 0 Å². The molecule has 0 atom stereocenters. The Morgan fingerprint density at radius 3 is 2.89 bits per heavy atom. The second-order valence-corrected chi connectivity index (χ2v) is 4.22. The lowest BCUT2D eigenvalue weighted by Gasteiger charge is -2.03. The number of aldehydes is 1. The fourth-order valence-electron chi connectivity index (χ4n) is 2.17. The third-order valence-corrected chi connectivity index (χ3v) is 3.06. The molecule has 0 spiro atoms. The summed E-state index contributed by atoms with van der Waals surface area (Å²) in [6.07, 6.45) is 2.60. The molecule has 0 bridgehead atoms. The Hall–Kier alpha value is -2.80. The summed E-state index contributed by atoms with van der Waals surface area (Å²) >= 11 is 0. The highest BCUT2D eigenvalue weighted by atomic mass is 16.3. The van der Waals surface area contributed by atoms with Crippen LogP contribution in [0.3, 0.4) is 0 Å². The maximum Gasteiger partial charge on any atom is 0.185 e. The van der Waals surface area contributed by atoms with Crippen molar-refractivity contribution in [2.75, 3.05) is 0 Å². The summed E-state index contributed by atoms with van der Waals surface area (Å²) in [7, 11) is 0. The highest BCUT2D eigenvalue weighted by Gasteiger charge is 2.07. The molecule has 3 rings (SSSR count). The Bertz CT molecular complexity index is 790. The first-order valence-electron chi connectivity index (χ1n) is 5.83. The zero-order chi connectivity index (χ0) is 13.2. The Kier molecular flexibility index (Phi) is 2.66. The number of furan rings is 1. The fourth-order valence-corrected chi connectivity index (χ4v) is 2.17. The number of nitriles is 1. The predicted molar refractivity (Wildman–Crippen MR) is 69.9 cm³/mol. The van der Waals surface area contributed by atoms with Gasteiger partial charge in [0.15, 0.2) is 12.0 Å². The maximum atomic E-state index is 10.6. The lowest BCUT2D eigenvalue weighted by atomic mass is 10.1. The number of nitrogens with zero attached hydrogens (tertiary/aromatic N) is 2. The Balaban J connectivity index is 2.02. The van der Waals surface area contributed by atoms with Crippen molar-refractivity contribution < 1.29 is 9.21 Å². The lowest BCUT2D eigenvalue weighted by Crippen LogP contribution is -1.96. The molecule has 0 amide bonds. The molecule has 0 aliphatic carbocycles. The van der Waals surface area contributed by atoms with Crippen LogP contribution < -0.4 is 0 Å². The SMILES string of the molecule is N#Cc1cccc2c1ccn2Cc1ccc(C=O)o1. The van der Waals surface area contributed by atoms with Crippen molar-refractivity contribution in [1.29, 1.82) is 5.26 Å². The van der Waals surface area contributed by atoms with Crippen LogP contribution in [0.4, 0.5) is 0 Å². The van der Waals surface area contributed by atoms with Crippen LogP contribution in [0.25, 0.3) is 10.9 Å². The number of carbonyl (C=O) groups is 1. The molecule has 4 nitrogen and oxygen atoms in total. The van der Waals surface area contributed by atoms with Gasteiger partial charge in [0.05, 0.1) is 18.2 Å². The largest absolute Gasteiger partial charge is 0.456 e. The van der Waals surface area contributed by atoms with Gasteiger partial charge in [-0.25, -0.2) is 0 Å². The molecule has 0 saturated carbocycles. The minimum Gasteiger partial charge on any atom is -0.456 e. The van der Waals surface area contributed by atoms with E-state index < -0.39 is 0 Å². The first kappa shape index (κ1) is 11.3. The van der Waals surface area contributed by atoms with Gasteiger partial charge in [-0.1, -0.05) is 6.07 Å². The van der Waals surface area contributed by atoms with Gasteiger partial charge in [-0.2, -0.15) is 5.26 Å². The first-order chi connectivity index (χ1) is 9.31. The van der Waals surface area contributed by atoms with Gasteiger partial charge in [0.2, 0.25) is 0 Å². The number of aromatic nitrogens is 1. The van der Waals surface area contributed by atoms with E-state index >= 15 is 0 Å². The number of carbonyl (C=O) groups excluding carboxylic acids is 1. The summed E-state index contributed by atoms with van der Waals surface area (Å²) in [6.45, 7) is 0.534. The first-order valence-corrected chi connectivity index (χ1v) is 5.83. The number of fused-ring (bicyclic) bond motifs is 1. The Morgan fingerprint density at radius 1 is 1.26 bits per heavy atom. The molecule has 0 aliphatic heterocycles. The number of hydrogen-bond donors (Lipinski definition) is 0. The third-order valence-electron chi connectivity index (χ3n) is 3.06. The van der Waals surface area contributed by atoms with Gasteiger partial charge in [-0.3, -0.25) is 4.79 Å². The van der Waals surface area contributed by atoms with E-state index in [1.807, 2.05) is 29.0 Å². The summed E-state index contributed by atoms with van der Waals surface area (Å²) in [6, 6.07) is 13.1. The van der Waals surface area contributed by atoms with Crippen LogP contribution in [0.5, 0.6) is 0 Å². The average molecular weight is 250 g/mol. The molecule has 0 aliphatic rings. The molecule has 3 aromatic rings.